The van der Waals surface area contributed by atoms with Crippen molar-refractivity contribution in [3.05, 3.63) is 35.6 Å². The number of carbonyl (C=O) groups is 1. The van der Waals surface area contributed by atoms with E-state index in [0.29, 0.717) is 5.56 Å². The zero-order chi connectivity index (χ0) is 12.2. The maximum atomic E-state index is 12.7. The van der Waals surface area contributed by atoms with Crippen molar-refractivity contribution in [2.45, 2.75) is 25.9 Å². The first kappa shape index (κ1) is 12.6. The molecule has 0 bridgehead atoms. The molecule has 0 aliphatic rings. The lowest BCUT2D eigenvalue weighted by molar-refractivity contribution is -0.148. The normalized spacial score (nSPS) is 14.2. The minimum absolute atomic E-state index is 0.146. The average Bonchev–Trinajstić information content (AvgIpc) is 2.17. The van der Waals surface area contributed by atoms with Crippen molar-refractivity contribution in [1.82, 2.24) is 0 Å². The molecule has 1 aromatic rings. The number of esters is 1. The Morgan fingerprint density at radius 1 is 1.44 bits per heavy atom. The van der Waals surface area contributed by atoms with E-state index in [1.54, 1.807) is 6.92 Å². The number of hydrogen-bond donors (Lipinski definition) is 1. The second kappa shape index (κ2) is 5.07. The third-order valence-corrected chi connectivity index (χ3v) is 2.26. The van der Waals surface area contributed by atoms with E-state index in [9.17, 15) is 14.3 Å². The van der Waals surface area contributed by atoms with Crippen molar-refractivity contribution < 1.29 is 19.0 Å². The molecular formula is C12H15FO3. The Hall–Kier alpha value is -1.42. The highest BCUT2D eigenvalue weighted by Crippen LogP contribution is 2.24. The first-order valence-electron chi connectivity index (χ1n) is 5.10. The molecule has 4 heteroatoms. The number of rotatable bonds is 4. The number of hydrogen-bond acceptors (Lipinski definition) is 3. The largest absolute Gasteiger partial charge is 0.466 e. The summed E-state index contributed by atoms with van der Waals surface area (Å²) in [4.78, 5) is 11.2. The molecule has 1 aromatic carbocycles. The summed E-state index contributed by atoms with van der Waals surface area (Å²) in [6, 6.07) is 5.40. The summed E-state index contributed by atoms with van der Waals surface area (Å²) in [5.74, 6) is -0.854. The first-order valence-corrected chi connectivity index (χ1v) is 5.10. The van der Waals surface area contributed by atoms with Crippen molar-refractivity contribution in [3.8, 4) is 0 Å². The van der Waals surface area contributed by atoms with Gasteiger partial charge in [-0.1, -0.05) is 12.1 Å². The van der Waals surface area contributed by atoms with Gasteiger partial charge in [-0.2, -0.15) is 0 Å². The molecule has 0 unspecified atom stereocenters. The zero-order valence-electron chi connectivity index (χ0n) is 9.37. The van der Waals surface area contributed by atoms with Gasteiger partial charge in [0.05, 0.1) is 18.6 Å². The van der Waals surface area contributed by atoms with Crippen LogP contribution in [0.3, 0.4) is 0 Å². The molecule has 1 N–H and O–H groups in total. The Kier molecular flexibility index (Phi) is 4.01. The van der Waals surface area contributed by atoms with Crippen molar-refractivity contribution in [3.63, 3.8) is 0 Å². The fraction of sp³-hybridized carbons (Fsp3) is 0.417. The van der Waals surface area contributed by atoms with Crippen LogP contribution < -0.4 is 0 Å². The molecule has 0 saturated carbocycles. The highest BCUT2D eigenvalue weighted by atomic mass is 19.1. The second-order valence-corrected chi connectivity index (χ2v) is 3.76. The van der Waals surface area contributed by atoms with Gasteiger partial charge in [0.1, 0.15) is 5.82 Å². The number of halogens is 1. The van der Waals surface area contributed by atoms with Gasteiger partial charge in [0, 0.05) is 0 Å². The molecule has 0 saturated heterocycles. The Bertz CT molecular complexity index is 357. The Morgan fingerprint density at radius 3 is 2.50 bits per heavy atom. The van der Waals surface area contributed by atoms with E-state index >= 15 is 0 Å². The monoisotopic (exact) mass is 226 g/mol. The van der Waals surface area contributed by atoms with Crippen LogP contribution in [0.15, 0.2) is 24.3 Å². The third-order valence-electron chi connectivity index (χ3n) is 2.26. The summed E-state index contributed by atoms with van der Waals surface area (Å²) in [6.45, 7) is 3.47. The quantitative estimate of drug-likeness (QED) is 0.798. The molecular weight excluding hydrogens is 211 g/mol. The summed E-state index contributed by atoms with van der Waals surface area (Å²) in [7, 11) is 0. The molecule has 16 heavy (non-hydrogen) atoms. The minimum atomic E-state index is -1.33. The van der Waals surface area contributed by atoms with E-state index < -0.39 is 11.6 Å². The molecule has 1 atom stereocenters. The Morgan fingerprint density at radius 2 is 2.00 bits per heavy atom. The molecule has 0 heterocycles. The SMILES string of the molecule is CCOC(=O)C[C@](C)(O)c1ccc(F)cc1. The van der Waals surface area contributed by atoms with Gasteiger partial charge < -0.3 is 9.84 Å². The summed E-state index contributed by atoms with van der Waals surface area (Å²) in [6.07, 6.45) is -0.146. The van der Waals surface area contributed by atoms with E-state index in [4.69, 9.17) is 4.74 Å². The predicted octanol–water partition coefficient (Wildman–Crippen LogP) is 1.99. The zero-order valence-corrected chi connectivity index (χ0v) is 9.37. The number of ether oxygens (including phenoxy) is 1. The minimum Gasteiger partial charge on any atom is -0.466 e. The Labute approximate surface area is 93.9 Å². The number of benzene rings is 1. The van der Waals surface area contributed by atoms with Crippen LogP contribution in [0.1, 0.15) is 25.8 Å². The van der Waals surface area contributed by atoms with Crippen molar-refractivity contribution in [2.24, 2.45) is 0 Å². The number of aliphatic hydroxyl groups is 1. The van der Waals surface area contributed by atoms with Crippen LogP contribution in [0.4, 0.5) is 4.39 Å². The van der Waals surface area contributed by atoms with E-state index in [1.165, 1.54) is 31.2 Å². The van der Waals surface area contributed by atoms with Gasteiger partial charge in [0.15, 0.2) is 0 Å². The smallest absolute Gasteiger partial charge is 0.309 e. The predicted molar refractivity (Wildman–Crippen MR) is 57.2 cm³/mol. The van der Waals surface area contributed by atoms with E-state index in [1.807, 2.05) is 0 Å². The van der Waals surface area contributed by atoms with Gasteiger partial charge in [0.25, 0.3) is 0 Å². The average molecular weight is 226 g/mol. The molecule has 0 radical (unpaired) electrons. The molecule has 0 aromatic heterocycles. The van der Waals surface area contributed by atoms with Gasteiger partial charge in [-0.25, -0.2) is 4.39 Å². The van der Waals surface area contributed by atoms with Gasteiger partial charge in [0.2, 0.25) is 0 Å². The van der Waals surface area contributed by atoms with Gasteiger partial charge in [-0.3, -0.25) is 4.79 Å². The van der Waals surface area contributed by atoms with Crippen LogP contribution in [0.2, 0.25) is 0 Å². The fourth-order valence-corrected chi connectivity index (χ4v) is 1.40. The van der Waals surface area contributed by atoms with Crippen LogP contribution in [0.5, 0.6) is 0 Å². The van der Waals surface area contributed by atoms with Gasteiger partial charge >= 0.3 is 5.97 Å². The van der Waals surface area contributed by atoms with E-state index in [-0.39, 0.29) is 18.8 Å². The maximum absolute atomic E-state index is 12.7. The maximum Gasteiger partial charge on any atom is 0.309 e. The molecule has 3 nitrogen and oxygen atoms in total. The topological polar surface area (TPSA) is 46.5 Å². The van der Waals surface area contributed by atoms with E-state index in [0.717, 1.165) is 0 Å². The highest BCUT2D eigenvalue weighted by molar-refractivity contribution is 5.71. The summed E-state index contributed by atoms with van der Waals surface area (Å²) >= 11 is 0. The molecule has 88 valence electrons. The molecule has 0 aliphatic heterocycles. The molecule has 0 amide bonds. The molecule has 0 spiro atoms. The van der Waals surface area contributed by atoms with Gasteiger partial charge in [-0.05, 0) is 31.5 Å². The summed E-state index contributed by atoms with van der Waals surface area (Å²) in [5, 5.41) is 10.1. The van der Waals surface area contributed by atoms with Crippen LogP contribution in [-0.2, 0) is 15.1 Å². The van der Waals surface area contributed by atoms with Crippen molar-refractivity contribution in [2.75, 3.05) is 6.61 Å². The van der Waals surface area contributed by atoms with Crippen molar-refractivity contribution in [1.29, 1.82) is 0 Å². The van der Waals surface area contributed by atoms with Crippen molar-refractivity contribution >= 4 is 5.97 Å². The van der Waals surface area contributed by atoms with Crippen LogP contribution >= 0.6 is 0 Å². The second-order valence-electron chi connectivity index (χ2n) is 3.76. The van der Waals surface area contributed by atoms with E-state index in [2.05, 4.69) is 0 Å². The lowest BCUT2D eigenvalue weighted by atomic mass is 9.93. The first-order chi connectivity index (χ1) is 7.45. The standard InChI is InChI=1S/C12H15FO3/c1-3-16-11(14)8-12(2,15)9-4-6-10(13)7-5-9/h4-7,15H,3,8H2,1-2H3/t12-/m0/s1. The van der Waals surface area contributed by atoms with Gasteiger partial charge in [-0.15, -0.1) is 0 Å². The fourth-order valence-electron chi connectivity index (χ4n) is 1.40. The highest BCUT2D eigenvalue weighted by Gasteiger charge is 2.27. The molecule has 1 rings (SSSR count). The van der Waals surface area contributed by atoms with Crippen LogP contribution in [0, 0.1) is 5.82 Å². The van der Waals surface area contributed by atoms with Crippen LogP contribution in [-0.4, -0.2) is 17.7 Å². The number of carbonyl (C=O) groups excluding carboxylic acids is 1. The van der Waals surface area contributed by atoms with Crippen LogP contribution in [0.25, 0.3) is 0 Å². The lowest BCUT2D eigenvalue weighted by Gasteiger charge is -2.22. The summed E-state index contributed by atoms with van der Waals surface area (Å²) < 4.78 is 17.4. The Balaban J connectivity index is 2.76. The molecule has 0 fully saturated rings. The summed E-state index contributed by atoms with van der Waals surface area (Å²) in [5.41, 5.74) is -0.845. The third kappa shape index (κ3) is 3.31. The molecule has 0 aliphatic carbocycles. The lowest BCUT2D eigenvalue weighted by Crippen LogP contribution is -2.26.